The number of hydrogen-bond acceptors (Lipinski definition) is 1. The molecule has 0 saturated carbocycles. The molecule has 60 valence electrons. The summed E-state index contributed by atoms with van der Waals surface area (Å²) in [5.74, 6) is -0.239. The highest BCUT2D eigenvalue weighted by Crippen LogP contribution is 2.15. The standard InChI is InChI=1S/C8H9ClFN/c1-3-6-4-7(9)11-5(2)8(6)10/h4H,3H2,1-2H3. The van der Waals surface area contributed by atoms with Gasteiger partial charge in [0.1, 0.15) is 11.0 Å². The van der Waals surface area contributed by atoms with E-state index in [0.717, 1.165) is 0 Å². The van der Waals surface area contributed by atoms with Gasteiger partial charge in [0.05, 0.1) is 5.69 Å². The minimum Gasteiger partial charge on any atom is -0.238 e. The van der Waals surface area contributed by atoms with Crippen molar-refractivity contribution in [2.45, 2.75) is 20.3 Å². The van der Waals surface area contributed by atoms with Crippen LogP contribution in [0.15, 0.2) is 6.07 Å². The molecule has 0 amide bonds. The predicted octanol–water partition coefficient (Wildman–Crippen LogP) is 2.74. The summed E-state index contributed by atoms with van der Waals surface area (Å²) in [5.41, 5.74) is 0.997. The summed E-state index contributed by atoms with van der Waals surface area (Å²) in [7, 11) is 0. The van der Waals surface area contributed by atoms with E-state index in [4.69, 9.17) is 11.6 Å². The first-order chi connectivity index (χ1) is 5.15. The first kappa shape index (κ1) is 8.47. The molecule has 0 saturated heterocycles. The van der Waals surface area contributed by atoms with Crippen molar-refractivity contribution >= 4 is 11.6 Å². The summed E-state index contributed by atoms with van der Waals surface area (Å²) in [6, 6.07) is 1.56. The number of aryl methyl sites for hydroxylation is 2. The van der Waals surface area contributed by atoms with Crippen molar-refractivity contribution in [3.63, 3.8) is 0 Å². The van der Waals surface area contributed by atoms with Crippen molar-refractivity contribution in [1.82, 2.24) is 4.98 Å². The fourth-order valence-electron chi connectivity index (χ4n) is 0.938. The van der Waals surface area contributed by atoms with Crippen molar-refractivity contribution in [1.29, 1.82) is 0 Å². The highest BCUT2D eigenvalue weighted by atomic mass is 35.5. The summed E-state index contributed by atoms with van der Waals surface area (Å²) in [6.45, 7) is 3.49. The zero-order valence-electron chi connectivity index (χ0n) is 6.49. The fraction of sp³-hybridized carbons (Fsp3) is 0.375. The molecule has 1 aromatic heterocycles. The van der Waals surface area contributed by atoms with E-state index in [-0.39, 0.29) is 5.82 Å². The van der Waals surface area contributed by atoms with Crippen molar-refractivity contribution in [2.24, 2.45) is 0 Å². The molecule has 1 nitrogen and oxygen atoms in total. The van der Waals surface area contributed by atoms with E-state index in [9.17, 15) is 4.39 Å². The van der Waals surface area contributed by atoms with Crippen LogP contribution in [-0.2, 0) is 6.42 Å². The van der Waals surface area contributed by atoms with Gasteiger partial charge < -0.3 is 0 Å². The third kappa shape index (κ3) is 1.69. The van der Waals surface area contributed by atoms with Crippen LogP contribution in [0, 0.1) is 12.7 Å². The van der Waals surface area contributed by atoms with Gasteiger partial charge in [0.15, 0.2) is 0 Å². The molecule has 0 spiro atoms. The number of hydrogen-bond donors (Lipinski definition) is 0. The van der Waals surface area contributed by atoms with E-state index < -0.39 is 0 Å². The first-order valence-corrected chi connectivity index (χ1v) is 3.84. The summed E-state index contributed by atoms with van der Waals surface area (Å²) in [4.78, 5) is 3.77. The third-order valence-electron chi connectivity index (χ3n) is 1.55. The van der Waals surface area contributed by atoms with E-state index in [1.165, 1.54) is 0 Å². The molecule has 0 aromatic carbocycles. The van der Waals surface area contributed by atoms with Crippen LogP contribution in [0.4, 0.5) is 4.39 Å². The Kier molecular flexibility index (Phi) is 2.45. The minimum atomic E-state index is -0.239. The molecule has 1 aromatic rings. The second-order valence-electron chi connectivity index (χ2n) is 2.36. The Bertz CT molecular complexity index is 273. The zero-order valence-corrected chi connectivity index (χ0v) is 7.24. The summed E-state index contributed by atoms with van der Waals surface area (Å²) < 4.78 is 13.1. The lowest BCUT2D eigenvalue weighted by molar-refractivity contribution is 0.594. The molecule has 0 fully saturated rings. The van der Waals surface area contributed by atoms with E-state index in [2.05, 4.69) is 4.98 Å². The van der Waals surface area contributed by atoms with Crippen LogP contribution >= 0.6 is 11.6 Å². The maximum Gasteiger partial charge on any atom is 0.147 e. The Morgan fingerprint density at radius 3 is 2.82 bits per heavy atom. The summed E-state index contributed by atoms with van der Waals surface area (Å²) >= 11 is 5.62. The molecule has 0 bridgehead atoms. The SMILES string of the molecule is CCc1cc(Cl)nc(C)c1F. The lowest BCUT2D eigenvalue weighted by Gasteiger charge is -2.01. The Morgan fingerprint density at radius 2 is 2.27 bits per heavy atom. The van der Waals surface area contributed by atoms with Crippen molar-refractivity contribution in [3.05, 3.63) is 28.3 Å². The summed E-state index contributed by atoms with van der Waals surface area (Å²) in [6.07, 6.45) is 0.648. The molecule has 0 radical (unpaired) electrons. The van der Waals surface area contributed by atoms with Gasteiger partial charge in [-0.3, -0.25) is 0 Å². The molecule has 0 aliphatic heterocycles. The Hall–Kier alpha value is -0.630. The van der Waals surface area contributed by atoms with Gasteiger partial charge in [-0.05, 0) is 25.0 Å². The average molecular weight is 174 g/mol. The fourth-order valence-corrected chi connectivity index (χ4v) is 1.20. The van der Waals surface area contributed by atoms with Crippen LogP contribution in [0.3, 0.4) is 0 Å². The normalized spacial score (nSPS) is 10.2. The number of pyridine rings is 1. The Balaban J connectivity index is 3.24. The van der Waals surface area contributed by atoms with E-state index in [1.54, 1.807) is 13.0 Å². The second-order valence-corrected chi connectivity index (χ2v) is 2.74. The Morgan fingerprint density at radius 1 is 1.64 bits per heavy atom. The van der Waals surface area contributed by atoms with E-state index in [0.29, 0.717) is 22.8 Å². The second kappa shape index (κ2) is 3.18. The van der Waals surface area contributed by atoms with Gasteiger partial charge in [-0.25, -0.2) is 9.37 Å². The number of nitrogens with zero attached hydrogens (tertiary/aromatic N) is 1. The van der Waals surface area contributed by atoms with Crippen molar-refractivity contribution < 1.29 is 4.39 Å². The van der Waals surface area contributed by atoms with Gasteiger partial charge in [0.25, 0.3) is 0 Å². The minimum absolute atomic E-state index is 0.239. The number of rotatable bonds is 1. The molecule has 0 aliphatic carbocycles. The van der Waals surface area contributed by atoms with Crippen LogP contribution in [0.1, 0.15) is 18.2 Å². The molecule has 0 atom stereocenters. The lowest BCUT2D eigenvalue weighted by Crippen LogP contribution is -1.95. The molecule has 3 heteroatoms. The molecule has 0 N–H and O–H groups in total. The van der Waals surface area contributed by atoms with Crippen LogP contribution < -0.4 is 0 Å². The zero-order chi connectivity index (χ0) is 8.43. The maximum atomic E-state index is 13.1. The van der Waals surface area contributed by atoms with Crippen molar-refractivity contribution in [3.8, 4) is 0 Å². The van der Waals surface area contributed by atoms with Gasteiger partial charge in [-0.2, -0.15) is 0 Å². The highest BCUT2D eigenvalue weighted by Gasteiger charge is 2.05. The quantitative estimate of drug-likeness (QED) is 0.596. The van der Waals surface area contributed by atoms with Crippen LogP contribution in [0.5, 0.6) is 0 Å². The smallest absolute Gasteiger partial charge is 0.147 e. The molecule has 11 heavy (non-hydrogen) atoms. The highest BCUT2D eigenvalue weighted by molar-refractivity contribution is 6.29. The van der Waals surface area contributed by atoms with Gasteiger partial charge >= 0.3 is 0 Å². The molecule has 1 rings (SSSR count). The molecular weight excluding hydrogens is 165 g/mol. The topological polar surface area (TPSA) is 12.9 Å². The van der Waals surface area contributed by atoms with E-state index >= 15 is 0 Å². The first-order valence-electron chi connectivity index (χ1n) is 3.46. The largest absolute Gasteiger partial charge is 0.238 e. The number of halogens is 2. The summed E-state index contributed by atoms with van der Waals surface area (Å²) in [5, 5.41) is 0.362. The van der Waals surface area contributed by atoms with Gasteiger partial charge in [-0.1, -0.05) is 18.5 Å². The van der Waals surface area contributed by atoms with Crippen LogP contribution in [0.25, 0.3) is 0 Å². The lowest BCUT2D eigenvalue weighted by atomic mass is 10.2. The molecular formula is C8H9ClFN. The van der Waals surface area contributed by atoms with Crippen LogP contribution in [0.2, 0.25) is 5.15 Å². The Labute approximate surface area is 70.2 Å². The molecule has 0 unspecified atom stereocenters. The van der Waals surface area contributed by atoms with Gasteiger partial charge in [-0.15, -0.1) is 0 Å². The monoisotopic (exact) mass is 173 g/mol. The average Bonchev–Trinajstić information content (AvgIpc) is 1.96. The third-order valence-corrected chi connectivity index (χ3v) is 1.74. The predicted molar refractivity (Wildman–Crippen MR) is 43.3 cm³/mol. The van der Waals surface area contributed by atoms with Gasteiger partial charge in [0, 0.05) is 0 Å². The van der Waals surface area contributed by atoms with Crippen LogP contribution in [-0.4, -0.2) is 4.98 Å². The number of aromatic nitrogens is 1. The van der Waals surface area contributed by atoms with Crippen molar-refractivity contribution in [2.75, 3.05) is 0 Å². The maximum absolute atomic E-state index is 13.1. The molecule has 0 aliphatic rings. The van der Waals surface area contributed by atoms with E-state index in [1.807, 2.05) is 6.92 Å². The molecule has 1 heterocycles. The van der Waals surface area contributed by atoms with Gasteiger partial charge in [0.2, 0.25) is 0 Å².